The molecule has 0 heterocycles. The van der Waals surface area contributed by atoms with Crippen LogP contribution in [0.4, 0.5) is 11.4 Å². The molecule has 3 aromatic rings. The number of carbonyl (C=O) groups excluding carboxylic acids is 2. The quantitative estimate of drug-likeness (QED) is 0.225. The summed E-state index contributed by atoms with van der Waals surface area (Å²) in [5, 5.41) is 12.9. The van der Waals surface area contributed by atoms with Gasteiger partial charge in [-0.1, -0.05) is 46.9 Å². The lowest BCUT2D eigenvalue weighted by Gasteiger charge is -2.12. The summed E-state index contributed by atoms with van der Waals surface area (Å²) in [6.45, 7) is 0. The highest BCUT2D eigenvalue weighted by atomic mass is 35.5. The molecular weight excluding hydrogens is 554 g/mol. The first-order valence-corrected chi connectivity index (χ1v) is 12.0. The minimum atomic E-state index is -1.34. The molecule has 35 heavy (non-hydrogen) atoms. The van der Waals surface area contributed by atoms with E-state index in [1.165, 1.54) is 12.1 Å². The maximum atomic E-state index is 13.0. The summed E-state index contributed by atoms with van der Waals surface area (Å²) in [6.07, 6.45) is 0. The van der Waals surface area contributed by atoms with Crippen molar-refractivity contribution in [2.45, 2.75) is 10.3 Å². The molecule has 0 unspecified atom stereocenters. The van der Waals surface area contributed by atoms with Gasteiger partial charge in [0.05, 0.1) is 27.8 Å². The molecule has 11 heteroatoms. The monoisotopic (exact) mass is 566 g/mol. The van der Waals surface area contributed by atoms with Crippen molar-refractivity contribution in [1.82, 2.24) is 5.43 Å². The Morgan fingerprint density at radius 1 is 0.943 bits per heavy atom. The number of rotatable bonds is 6. The van der Waals surface area contributed by atoms with Crippen LogP contribution in [0.2, 0.25) is 15.1 Å². The Bertz CT molecular complexity index is 1350. The smallest absolute Gasteiger partial charge is 0.271 e. The van der Waals surface area contributed by atoms with Crippen LogP contribution in [0.3, 0.4) is 0 Å². The van der Waals surface area contributed by atoms with Crippen molar-refractivity contribution >= 4 is 81.2 Å². The number of nitrogens with zero attached hydrogens (tertiary/aromatic N) is 1. The Labute approximate surface area is 226 Å². The number of carbonyl (C=O) groups is 2. The summed E-state index contributed by atoms with van der Waals surface area (Å²) in [6, 6.07) is 18.0. The summed E-state index contributed by atoms with van der Waals surface area (Å²) >= 11 is 31.2. The molecule has 0 radical (unpaired) electrons. The van der Waals surface area contributed by atoms with Gasteiger partial charge in [-0.3, -0.25) is 20.4 Å². The maximum absolute atomic E-state index is 13.0. The maximum Gasteiger partial charge on any atom is 0.271 e. The van der Waals surface area contributed by atoms with Gasteiger partial charge >= 0.3 is 0 Å². The normalized spacial score (nSPS) is 17.7. The van der Waals surface area contributed by atoms with E-state index in [4.69, 9.17) is 58.0 Å². The SMILES string of the molecule is N#Cc1ccccc1NNC(=O)c1cc(NC(=O)[C@H]2[C@H](c3cc(Cl)cc(Cl)c3)C2(Cl)Cl)ccc1Cl. The zero-order chi connectivity index (χ0) is 25.3. The van der Waals surface area contributed by atoms with Crippen molar-refractivity contribution < 1.29 is 9.59 Å². The lowest BCUT2D eigenvalue weighted by atomic mass is 10.1. The molecule has 0 aliphatic heterocycles. The van der Waals surface area contributed by atoms with Crippen LogP contribution in [-0.2, 0) is 4.79 Å². The summed E-state index contributed by atoms with van der Waals surface area (Å²) in [5.41, 5.74) is 7.03. The van der Waals surface area contributed by atoms with E-state index in [0.717, 1.165) is 0 Å². The van der Waals surface area contributed by atoms with Crippen molar-refractivity contribution in [3.05, 3.63) is 92.4 Å². The minimum absolute atomic E-state index is 0.100. The van der Waals surface area contributed by atoms with Crippen LogP contribution in [-0.4, -0.2) is 16.1 Å². The van der Waals surface area contributed by atoms with Crippen LogP contribution in [0.5, 0.6) is 0 Å². The number of alkyl halides is 2. The first kappa shape index (κ1) is 25.4. The molecule has 1 fully saturated rings. The molecule has 2 amide bonds. The number of amides is 2. The number of hydrazine groups is 1. The molecule has 4 rings (SSSR count). The number of nitriles is 1. The number of benzene rings is 3. The standard InChI is InChI=1S/C24H15Cl5N4O2/c25-14-7-13(8-15(26)9-14)20-21(24(20,28)29)23(35)31-16-5-6-18(27)17(10-16)22(34)33-32-19-4-2-1-3-12(19)11-30/h1-10,20-21,32H,(H,31,35)(H,33,34)/t20-,21+/m0/s1. The highest BCUT2D eigenvalue weighted by Crippen LogP contribution is 2.65. The average molecular weight is 569 g/mol. The Hall–Kier alpha value is -2.66. The number of hydrogen-bond acceptors (Lipinski definition) is 4. The molecule has 3 aromatic carbocycles. The van der Waals surface area contributed by atoms with Crippen LogP contribution in [0.15, 0.2) is 60.7 Å². The summed E-state index contributed by atoms with van der Waals surface area (Å²) in [7, 11) is 0. The summed E-state index contributed by atoms with van der Waals surface area (Å²) in [4.78, 5) is 25.7. The Balaban J connectivity index is 1.47. The summed E-state index contributed by atoms with van der Waals surface area (Å²) in [5.74, 6) is -2.29. The molecule has 0 aromatic heterocycles. The Morgan fingerprint density at radius 3 is 2.31 bits per heavy atom. The number of halogens is 5. The van der Waals surface area contributed by atoms with E-state index >= 15 is 0 Å². The molecule has 0 saturated heterocycles. The molecule has 178 valence electrons. The minimum Gasteiger partial charge on any atom is -0.326 e. The lowest BCUT2D eigenvalue weighted by Crippen LogP contribution is -2.30. The zero-order valence-electron chi connectivity index (χ0n) is 17.6. The van der Waals surface area contributed by atoms with Gasteiger partial charge in [-0.25, -0.2) is 0 Å². The number of anilines is 2. The highest BCUT2D eigenvalue weighted by Gasteiger charge is 2.67. The van der Waals surface area contributed by atoms with Crippen molar-refractivity contribution in [2.24, 2.45) is 5.92 Å². The van der Waals surface area contributed by atoms with Crippen molar-refractivity contribution in [3.63, 3.8) is 0 Å². The van der Waals surface area contributed by atoms with Gasteiger partial charge in [-0.15, -0.1) is 23.2 Å². The fraction of sp³-hybridized carbons (Fsp3) is 0.125. The molecule has 1 aliphatic carbocycles. The second kappa shape index (κ2) is 10.1. The average Bonchev–Trinajstić information content (AvgIpc) is 3.40. The molecule has 3 N–H and O–H groups in total. The van der Waals surface area contributed by atoms with E-state index in [9.17, 15) is 14.9 Å². The van der Waals surface area contributed by atoms with E-state index in [2.05, 4.69) is 16.2 Å². The predicted molar refractivity (Wildman–Crippen MR) is 139 cm³/mol. The van der Waals surface area contributed by atoms with Crippen LogP contribution < -0.4 is 16.2 Å². The molecular formula is C24H15Cl5N4O2. The molecule has 2 atom stereocenters. The first-order chi connectivity index (χ1) is 16.6. The van der Waals surface area contributed by atoms with Crippen molar-refractivity contribution in [1.29, 1.82) is 5.26 Å². The van der Waals surface area contributed by atoms with Gasteiger partial charge in [0, 0.05) is 21.7 Å². The second-order valence-electron chi connectivity index (χ2n) is 7.75. The Morgan fingerprint density at radius 2 is 1.63 bits per heavy atom. The largest absolute Gasteiger partial charge is 0.326 e. The predicted octanol–water partition coefficient (Wildman–Crippen LogP) is 6.80. The topological polar surface area (TPSA) is 94.0 Å². The summed E-state index contributed by atoms with van der Waals surface area (Å²) < 4.78 is -1.34. The van der Waals surface area contributed by atoms with Crippen molar-refractivity contribution in [2.75, 3.05) is 10.7 Å². The number of hydrogen-bond donors (Lipinski definition) is 3. The van der Waals surface area contributed by atoms with Gasteiger partial charge in [-0.05, 0) is 54.1 Å². The Kier molecular flexibility index (Phi) is 7.37. The third-order valence-electron chi connectivity index (χ3n) is 5.42. The number of para-hydroxylation sites is 1. The van der Waals surface area contributed by atoms with Crippen LogP contribution in [0, 0.1) is 17.2 Å². The molecule has 1 saturated carbocycles. The number of nitrogens with one attached hydrogen (secondary N) is 3. The van der Waals surface area contributed by atoms with Gasteiger partial charge in [0.15, 0.2) is 0 Å². The molecule has 0 spiro atoms. The van der Waals surface area contributed by atoms with E-state index < -0.39 is 28.0 Å². The van der Waals surface area contributed by atoms with Gasteiger partial charge < -0.3 is 5.32 Å². The molecule has 6 nitrogen and oxygen atoms in total. The second-order valence-corrected chi connectivity index (χ2v) is 10.5. The lowest BCUT2D eigenvalue weighted by molar-refractivity contribution is -0.117. The first-order valence-electron chi connectivity index (χ1n) is 10.1. The van der Waals surface area contributed by atoms with E-state index in [-0.39, 0.29) is 10.6 Å². The molecule has 0 bridgehead atoms. The van der Waals surface area contributed by atoms with Crippen LogP contribution in [0.25, 0.3) is 0 Å². The van der Waals surface area contributed by atoms with Crippen molar-refractivity contribution in [3.8, 4) is 6.07 Å². The fourth-order valence-electron chi connectivity index (χ4n) is 3.70. The third-order valence-corrected chi connectivity index (χ3v) is 7.12. The van der Waals surface area contributed by atoms with E-state index in [0.29, 0.717) is 32.5 Å². The van der Waals surface area contributed by atoms with Crippen LogP contribution in [0.1, 0.15) is 27.4 Å². The van der Waals surface area contributed by atoms with Gasteiger partial charge in [-0.2, -0.15) is 5.26 Å². The zero-order valence-corrected chi connectivity index (χ0v) is 21.4. The van der Waals surface area contributed by atoms with E-state index in [1.807, 2.05) is 6.07 Å². The fourth-order valence-corrected chi connectivity index (χ4v) is 5.27. The van der Waals surface area contributed by atoms with Gasteiger partial charge in [0.25, 0.3) is 5.91 Å². The van der Waals surface area contributed by atoms with Gasteiger partial charge in [0.2, 0.25) is 5.91 Å². The highest BCUT2D eigenvalue weighted by molar-refractivity contribution is 6.53. The van der Waals surface area contributed by atoms with E-state index in [1.54, 1.807) is 48.5 Å². The molecule has 1 aliphatic rings. The third kappa shape index (κ3) is 5.45. The van der Waals surface area contributed by atoms with Gasteiger partial charge in [0.1, 0.15) is 10.4 Å². The van der Waals surface area contributed by atoms with Crippen LogP contribution >= 0.6 is 58.0 Å².